The maximum absolute atomic E-state index is 12.7. The molecule has 0 fully saturated rings. The van der Waals surface area contributed by atoms with Crippen LogP contribution < -0.4 is 5.32 Å². The number of carbonyl (C=O) groups excluding carboxylic acids is 2. The average molecular weight is 399 g/mol. The third kappa shape index (κ3) is 3.69. The molecule has 3 rings (SSSR count). The molecular weight excluding hydrogens is 384 g/mol. The zero-order valence-corrected chi connectivity index (χ0v) is 15.3. The molecule has 5 nitrogen and oxygen atoms in total. The van der Waals surface area contributed by atoms with Crippen molar-refractivity contribution in [3.05, 3.63) is 69.9 Å². The van der Waals surface area contributed by atoms with Crippen molar-refractivity contribution >= 4 is 33.3 Å². The molecule has 0 bridgehead atoms. The first-order valence-electron chi connectivity index (χ1n) is 7.60. The Kier molecular flexibility index (Phi) is 4.81. The van der Waals surface area contributed by atoms with Crippen LogP contribution in [0.4, 0.5) is 5.69 Å². The lowest BCUT2D eigenvalue weighted by atomic mass is 10.1. The number of aryl methyl sites for hydroxylation is 1. The van der Waals surface area contributed by atoms with Crippen molar-refractivity contribution in [3.8, 4) is 11.3 Å². The van der Waals surface area contributed by atoms with E-state index in [2.05, 4.69) is 26.4 Å². The molecule has 0 atom stereocenters. The summed E-state index contributed by atoms with van der Waals surface area (Å²) in [5, 5.41) is 6.83. The van der Waals surface area contributed by atoms with Gasteiger partial charge in [0.25, 0.3) is 5.91 Å². The van der Waals surface area contributed by atoms with Crippen molar-refractivity contribution in [3.63, 3.8) is 0 Å². The minimum atomic E-state index is -0.338. The van der Waals surface area contributed by atoms with E-state index in [4.69, 9.17) is 4.52 Å². The van der Waals surface area contributed by atoms with E-state index in [0.29, 0.717) is 28.3 Å². The highest BCUT2D eigenvalue weighted by atomic mass is 79.9. The molecule has 0 unspecified atom stereocenters. The van der Waals surface area contributed by atoms with Gasteiger partial charge >= 0.3 is 0 Å². The second kappa shape index (κ2) is 7.03. The number of Topliss-reactive ketones (excluding diaryl/α,β-unsaturated/α-hetero) is 1. The van der Waals surface area contributed by atoms with Crippen molar-refractivity contribution < 1.29 is 14.1 Å². The van der Waals surface area contributed by atoms with Gasteiger partial charge in [0.1, 0.15) is 17.0 Å². The number of ketones is 1. The number of amides is 1. The third-order valence-electron chi connectivity index (χ3n) is 3.71. The van der Waals surface area contributed by atoms with E-state index < -0.39 is 0 Å². The van der Waals surface area contributed by atoms with Crippen LogP contribution in [0.15, 0.2) is 57.5 Å². The molecular formula is C19H15BrN2O3. The van der Waals surface area contributed by atoms with E-state index in [1.54, 1.807) is 31.2 Å². The molecule has 0 saturated heterocycles. The van der Waals surface area contributed by atoms with E-state index in [1.807, 2.05) is 24.3 Å². The van der Waals surface area contributed by atoms with E-state index in [-0.39, 0.29) is 11.7 Å². The maximum atomic E-state index is 12.7. The van der Waals surface area contributed by atoms with E-state index in [9.17, 15) is 9.59 Å². The van der Waals surface area contributed by atoms with Crippen LogP contribution in [-0.2, 0) is 0 Å². The van der Waals surface area contributed by atoms with Crippen LogP contribution in [0.25, 0.3) is 11.3 Å². The molecule has 3 aromatic rings. The van der Waals surface area contributed by atoms with E-state index in [0.717, 1.165) is 10.0 Å². The van der Waals surface area contributed by atoms with Gasteiger partial charge in [-0.25, -0.2) is 0 Å². The molecule has 25 heavy (non-hydrogen) atoms. The molecule has 1 amide bonds. The highest BCUT2D eigenvalue weighted by Crippen LogP contribution is 2.28. The van der Waals surface area contributed by atoms with Crippen LogP contribution in [0, 0.1) is 6.92 Å². The number of benzene rings is 2. The summed E-state index contributed by atoms with van der Waals surface area (Å²) < 4.78 is 6.11. The Labute approximate surface area is 153 Å². The summed E-state index contributed by atoms with van der Waals surface area (Å²) in [6.45, 7) is 3.17. The van der Waals surface area contributed by atoms with Gasteiger partial charge in [-0.1, -0.05) is 45.4 Å². The molecule has 126 valence electrons. The average Bonchev–Trinajstić information content (AvgIpc) is 2.97. The normalized spacial score (nSPS) is 10.5. The van der Waals surface area contributed by atoms with Crippen molar-refractivity contribution in [2.24, 2.45) is 0 Å². The van der Waals surface area contributed by atoms with Crippen molar-refractivity contribution in [2.75, 3.05) is 5.32 Å². The quantitative estimate of drug-likeness (QED) is 0.636. The van der Waals surface area contributed by atoms with E-state index in [1.165, 1.54) is 6.92 Å². The number of aromatic nitrogens is 1. The molecule has 0 aliphatic heterocycles. The predicted molar refractivity (Wildman–Crippen MR) is 98.8 cm³/mol. The zero-order valence-electron chi connectivity index (χ0n) is 13.7. The largest absolute Gasteiger partial charge is 0.360 e. The fourth-order valence-corrected chi connectivity index (χ4v) is 2.88. The molecule has 0 aliphatic rings. The summed E-state index contributed by atoms with van der Waals surface area (Å²) in [7, 11) is 0. The Morgan fingerprint density at radius 3 is 2.60 bits per heavy atom. The summed E-state index contributed by atoms with van der Waals surface area (Å²) >= 11 is 3.41. The fraction of sp³-hybridized carbons (Fsp3) is 0.105. The number of halogens is 1. The summed E-state index contributed by atoms with van der Waals surface area (Å²) in [5.41, 5.74) is 2.68. The Hall–Kier alpha value is -2.73. The zero-order chi connectivity index (χ0) is 18.0. The lowest BCUT2D eigenvalue weighted by Gasteiger charge is -2.07. The minimum absolute atomic E-state index is 0.0629. The maximum Gasteiger partial charge on any atom is 0.261 e. The lowest BCUT2D eigenvalue weighted by molar-refractivity contribution is 0.101. The molecule has 6 heteroatoms. The monoisotopic (exact) mass is 398 g/mol. The molecule has 1 aromatic heterocycles. The number of rotatable bonds is 4. The topological polar surface area (TPSA) is 72.2 Å². The number of nitrogens with one attached hydrogen (secondary N) is 1. The Morgan fingerprint density at radius 2 is 1.88 bits per heavy atom. The number of hydrogen-bond acceptors (Lipinski definition) is 4. The minimum Gasteiger partial charge on any atom is -0.360 e. The van der Waals surface area contributed by atoms with Crippen LogP contribution in [0.1, 0.15) is 33.4 Å². The highest BCUT2D eigenvalue weighted by Gasteiger charge is 2.22. The molecule has 0 radical (unpaired) electrons. The van der Waals surface area contributed by atoms with Gasteiger partial charge in [-0.05, 0) is 38.1 Å². The summed E-state index contributed by atoms with van der Waals surface area (Å²) in [6.07, 6.45) is 0. The van der Waals surface area contributed by atoms with Crippen LogP contribution in [0.3, 0.4) is 0 Å². The first-order chi connectivity index (χ1) is 12.0. The fourth-order valence-electron chi connectivity index (χ4n) is 2.48. The Morgan fingerprint density at radius 1 is 1.12 bits per heavy atom. The molecule has 0 spiro atoms. The van der Waals surface area contributed by atoms with Crippen LogP contribution in [0.5, 0.6) is 0 Å². The molecule has 1 heterocycles. The SMILES string of the molecule is CC(=O)c1cccc(NC(=O)c2c(-c3cccc(Br)c3)noc2C)c1. The number of nitrogens with zero attached hydrogens (tertiary/aromatic N) is 1. The molecule has 0 aliphatic carbocycles. The molecule has 2 aromatic carbocycles. The first-order valence-corrected chi connectivity index (χ1v) is 8.39. The van der Waals surface area contributed by atoms with Gasteiger partial charge in [-0.2, -0.15) is 0 Å². The van der Waals surface area contributed by atoms with Gasteiger partial charge in [-0.3, -0.25) is 9.59 Å². The van der Waals surface area contributed by atoms with Gasteiger partial charge in [0, 0.05) is 21.3 Å². The van der Waals surface area contributed by atoms with Crippen molar-refractivity contribution in [1.82, 2.24) is 5.16 Å². The van der Waals surface area contributed by atoms with Crippen LogP contribution in [-0.4, -0.2) is 16.8 Å². The summed E-state index contributed by atoms with van der Waals surface area (Å²) in [5.74, 6) is 0.0247. The van der Waals surface area contributed by atoms with Crippen molar-refractivity contribution in [2.45, 2.75) is 13.8 Å². The van der Waals surface area contributed by atoms with Gasteiger partial charge in [0.15, 0.2) is 5.78 Å². The number of hydrogen-bond donors (Lipinski definition) is 1. The third-order valence-corrected chi connectivity index (χ3v) is 4.21. The second-order valence-electron chi connectivity index (χ2n) is 5.56. The first kappa shape index (κ1) is 17.1. The van der Waals surface area contributed by atoms with Crippen LogP contribution >= 0.6 is 15.9 Å². The summed E-state index contributed by atoms with van der Waals surface area (Å²) in [4.78, 5) is 24.2. The summed E-state index contributed by atoms with van der Waals surface area (Å²) in [6, 6.07) is 14.3. The van der Waals surface area contributed by atoms with Crippen molar-refractivity contribution in [1.29, 1.82) is 0 Å². The second-order valence-corrected chi connectivity index (χ2v) is 6.48. The van der Waals surface area contributed by atoms with Gasteiger partial charge in [0.05, 0.1) is 0 Å². The smallest absolute Gasteiger partial charge is 0.261 e. The lowest BCUT2D eigenvalue weighted by Crippen LogP contribution is -2.13. The van der Waals surface area contributed by atoms with Crippen LogP contribution in [0.2, 0.25) is 0 Å². The molecule has 1 N–H and O–H groups in total. The highest BCUT2D eigenvalue weighted by molar-refractivity contribution is 9.10. The van der Waals surface area contributed by atoms with Gasteiger partial charge in [-0.15, -0.1) is 0 Å². The number of anilines is 1. The van der Waals surface area contributed by atoms with Gasteiger partial charge in [0.2, 0.25) is 0 Å². The standard InChI is InChI=1S/C19H15BrN2O3/c1-11(23)13-5-4-8-16(10-13)21-19(24)17-12(2)25-22-18(17)14-6-3-7-15(20)9-14/h3-10H,1-2H3,(H,21,24). The Bertz CT molecular complexity index is 963. The predicted octanol–water partition coefficient (Wildman–Crippen LogP) is 4.87. The molecule has 0 saturated carbocycles. The Balaban J connectivity index is 1.94. The number of carbonyl (C=O) groups is 2. The van der Waals surface area contributed by atoms with Gasteiger partial charge < -0.3 is 9.84 Å². The van der Waals surface area contributed by atoms with E-state index >= 15 is 0 Å².